The van der Waals surface area contributed by atoms with E-state index >= 15 is 0 Å². The molecule has 0 unspecified atom stereocenters. The summed E-state index contributed by atoms with van der Waals surface area (Å²) in [7, 11) is 1.55. The number of hydrogen-bond donors (Lipinski definition) is 1. The van der Waals surface area contributed by atoms with Crippen LogP contribution in [0.5, 0.6) is 17.4 Å². The number of anilines is 1. The molecule has 20 heavy (non-hydrogen) atoms. The third-order valence-corrected chi connectivity index (χ3v) is 2.86. The molecule has 1 aromatic carbocycles. The van der Waals surface area contributed by atoms with Gasteiger partial charge in [0.25, 0.3) is 5.88 Å². The Morgan fingerprint density at radius 2 is 2.05 bits per heavy atom. The molecule has 0 atom stereocenters. The van der Waals surface area contributed by atoms with Crippen LogP contribution in [0.25, 0.3) is 5.65 Å². The third kappa shape index (κ3) is 1.99. The fraction of sp³-hybridized carbons (Fsp3) is 0.154. The van der Waals surface area contributed by atoms with Crippen molar-refractivity contribution >= 4 is 11.3 Å². The highest BCUT2D eigenvalue weighted by molar-refractivity contribution is 5.56. The molecule has 2 aromatic heterocycles. The second kappa shape index (κ2) is 4.69. The van der Waals surface area contributed by atoms with E-state index in [1.54, 1.807) is 42.1 Å². The highest BCUT2D eigenvalue weighted by Gasteiger charge is 2.12. The fourth-order valence-corrected chi connectivity index (χ4v) is 1.86. The zero-order valence-electron chi connectivity index (χ0n) is 11.1. The molecular weight excluding hydrogens is 258 g/mol. The first kappa shape index (κ1) is 12.2. The van der Waals surface area contributed by atoms with Gasteiger partial charge in [0.1, 0.15) is 5.82 Å². The molecule has 3 rings (SSSR count). The molecule has 0 saturated heterocycles. The Kier molecular flexibility index (Phi) is 2.86. The van der Waals surface area contributed by atoms with E-state index in [-0.39, 0.29) is 0 Å². The van der Waals surface area contributed by atoms with Crippen molar-refractivity contribution in [1.29, 1.82) is 0 Å². The zero-order chi connectivity index (χ0) is 14.1. The maximum atomic E-state index is 5.77. The van der Waals surface area contributed by atoms with Crippen LogP contribution in [0.4, 0.5) is 5.69 Å². The van der Waals surface area contributed by atoms with Crippen molar-refractivity contribution in [1.82, 2.24) is 19.6 Å². The van der Waals surface area contributed by atoms with Crippen LogP contribution in [0, 0.1) is 6.92 Å². The van der Waals surface area contributed by atoms with Crippen molar-refractivity contribution in [3.63, 3.8) is 0 Å². The van der Waals surface area contributed by atoms with Gasteiger partial charge in [0.15, 0.2) is 11.5 Å². The third-order valence-electron chi connectivity index (χ3n) is 2.86. The molecule has 0 amide bonds. The van der Waals surface area contributed by atoms with Gasteiger partial charge in [-0.2, -0.15) is 0 Å². The summed E-state index contributed by atoms with van der Waals surface area (Å²) in [4.78, 5) is 4.18. The number of ether oxygens (including phenoxy) is 2. The molecule has 0 spiro atoms. The van der Waals surface area contributed by atoms with E-state index in [2.05, 4.69) is 15.2 Å². The minimum Gasteiger partial charge on any atom is -0.493 e. The number of nitrogens with zero attached hydrogens (tertiary/aromatic N) is 4. The molecule has 0 radical (unpaired) electrons. The number of aromatic nitrogens is 4. The Bertz CT molecular complexity index is 769. The van der Waals surface area contributed by atoms with Crippen LogP contribution < -0.4 is 15.2 Å². The van der Waals surface area contributed by atoms with Crippen LogP contribution in [-0.2, 0) is 0 Å². The number of fused-ring (bicyclic) bond motifs is 1. The average Bonchev–Trinajstić information content (AvgIpc) is 2.84. The molecule has 0 aliphatic carbocycles. The van der Waals surface area contributed by atoms with Gasteiger partial charge in [-0.05, 0) is 19.1 Å². The Morgan fingerprint density at radius 3 is 2.85 bits per heavy atom. The Balaban J connectivity index is 2.05. The molecule has 0 bridgehead atoms. The highest BCUT2D eigenvalue weighted by atomic mass is 16.5. The summed E-state index contributed by atoms with van der Waals surface area (Å²) in [6.45, 7) is 1.85. The second-order valence-corrected chi connectivity index (χ2v) is 4.19. The molecule has 0 aliphatic rings. The van der Waals surface area contributed by atoms with E-state index in [1.807, 2.05) is 6.92 Å². The molecular formula is C13H13N5O2. The standard InChI is InChI=1S/C13H13N5O2/c1-8-16-17-12-13(15-5-6-18(8)12)20-10-4-3-9(14)7-11(10)19-2/h3-7H,14H2,1-2H3. The first-order valence-electron chi connectivity index (χ1n) is 5.97. The summed E-state index contributed by atoms with van der Waals surface area (Å²) in [5.74, 6) is 2.17. The van der Waals surface area contributed by atoms with Crippen molar-refractivity contribution in [3.05, 3.63) is 36.4 Å². The number of nitrogens with two attached hydrogens (primary N) is 1. The number of methoxy groups -OCH3 is 1. The van der Waals surface area contributed by atoms with Crippen molar-refractivity contribution in [2.45, 2.75) is 6.92 Å². The van der Waals surface area contributed by atoms with Crippen LogP contribution in [0.3, 0.4) is 0 Å². The summed E-state index contributed by atoms with van der Waals surface area (Å²) in [5.41, 5.74) is 6.85. The lowest BCUT2D eigenvalue weighted by molar-refractivity contribution is 0.375. The topological polar surface area (TPSA) is 87.6 Å². The van der Waals surface area contributed by atoms with Gasteiger partial charge in [0.05, 0.1) is 7.11 Å². The zero-order valence-corrected chi connectivity index (χ0v) is 11.1. The summed E-state index contributed by atoms with van der Waals surface area (Å²) in [5, 5.41) is 8.04. The van der Waals surface area contributed by atoms with Crippen molar-refractivity contribution in [3.8, 4) is 17.4 Å². The lowest BCUT2D eigenvalue weighted by atomic mass is 10.3. The summed E-state index contributed by atoms with van der Waals surface area (Å²) in [6.07, 6.45) is 3.40. The molecule has 2 N–H and O–H groups in total. The number of hydrogen-bond acceptors (Lipinski definition) is 6. The highest BCUT2D eigenvalue weighted by Crippen LogP contribution is 2.33. The number of rotatable bonds is 3. The summed E-state index contributed by atoms with van der Waals surface area (Å²) < 4.78 is 12.8. The fourth-order valence-electron chi connectivity index (χ4n) is 1.86. The van der Waals surface area contributed by atoms with Crippen molar-refractivity contribution < 1.29 is 9.47 Å². The van der Waals surface area contributed by atoms with Crippen LogP contribution in [0.2, 0.25) is 0 Å². The number of benzene rings is 1. The quantitative estimate of drug-likeness (QED) is 0.731. The van der Waals surface area contributed by atoms with Crippen LogP contribution in [0.1, 0.15) is 5.82 Å². The van der Waals surface area contributed by atoms with Gasteiger partial charge in [0, 0.05) is 24.1 Å². The molecule has 102 valence electrons. The average molecular weight is 271 g/mol. The van der Waals surface area contributed by atoms with E-state index < -0.39 is 0 Å². The van der Waals surface area contributed by atoms with Gasteiger partial charge < -0.3 is 15.2 Å². The predicted molar refractivity (Wildman–Crippen MR) is 73.0 cm³/mol. The Morgan fingerprint density at radius 1 is 1.20 bits per heavy atom. The van der Waals surface area contributed by atoms with E-state index in [4.69, 9.17) is 15.2 Å². The lowest BCUT2D eigenvalue weighted by Gasteiger charge is -2.10. The van der Waals surface area contributed by atoms with E-state index in [0.717, 1.165) is 5.82 Å². The molecule has 0 fully saturated rings. The smallest absolute Gasteiger partial charge is 0.265 e. The minimum absolute atomic E-state index is 0.358. The van der Waals surface area contributed by atoms with Crippen molar-refractivity contribution in [2.24, 2.45) is 0 Å². The van der Waals surface area contributed by atoms with Gasteiger partial charge in [-0.3, -0.25) is 4.40 Å². The molecule has 7 heteroatoms. The van der Waals surface area contributed by atoms with Crippen LogP contribution in [0.15, 0.2) is 30.6 Å². The van der Waals surface area contributed by atoms with Gasteiger partial charge in [0.2, 0.25) is 5.65 Å². The van der Waals surface area contributed by atoms with Crippen LogP contribution >= 0.6 is 0 Å². The van der Waals surface area contributed by atoms with Gasteiger partial charge in [-0.1, -0.05) is 0 Å². The molecule has 0 aliphatic heterocycles. The SMILES string of the molecule is COc1cc(N)ccc1Oc1nccn2c(C)nnc12. The first-order chi connectivity index (χ1) is 9.69. The first-order valence-corrected chi connectivity index (χ1v) is 5.97. The minimum atomic E-state index is 0.358. The monoisotopic (exact) mass is 271 g/mol. The number of nitrogen functional groups attached to an aromatic ring is 1. The Hall–Kier alpha value is -2.83. The second-order valence-electron chi connectivity index (χ2n) is 4.19. The molecule has 2 heterocycles. The molecule has 7 nitrogen and oxygen atoms in total. The number of aryl methyl sites for hydroxylation is 1. The maximum absolute atomic E-state index is 5.77. The van der Waals surface area contributed by atoms with Crippen LogP contribution in [-0.4, -0.2) is 26.7 Å². The van der Waals surface area contributed by atoms with E-state index in [1.165, 1.54) is 0 Å². The maximum Gasteiger partial charge on any atom is 0.265 e. The molecule has 0 saturated carbocycles. The summed E-state index contributed by atoms with van der Waals surface area (Å²) in [6, 6.07) is 5.14. The predicted octanol–water partition coefficient (Wildman–Crippen LogP) is 1.82. The Labute approximate surface area is 115 Å². The van der Waals surface area contributed by atoms with Gasteiger partial charge in [-0.25, -0.2) is 4.98 Å². The lowest BCUT2D eigenvalue weighted by Crippen LogP contribution is -1.97. The van der Waals surface area contributed by atoms with Crippen molar-refractivity contribution in [2.75, 3.05) is 12.8 Å². The largest absolute Gasteiger partial charge is 0.493 e. The van der Waals surface area contributed by atoms with E-state index in [9.17, 15) is 0 Å². The van der Waals surface area contributed by atoms with Gasteiger partial charge >= 0.3 is 0 Å². The van der Waals surface area contributed by atoms with E-state index in [0.29, 0.717) is 28.7 Å². The summed E-state index contributed by atoms with van der Waals surface area (Å²) >= 11 is 0. The molecule has 3 aromatic rings. The van der Waals surface area contributed by atoms with Gasteiger partial charge in [-0.15, -0.1) is 10.2 Å². The normalized spacial score (nSPS) is 10.7.